The van der Waals surface area contributed by atoms with E-state index in [0.717, 1.165) is 25.9 Å². The Morgan fingerprint density at radius 3 is 2.78 bits per heavy atom. The molecule has 1 aliphatic rings. The van der Waals surface area contributed by atoms with Crippen molar-refractivity contribution in [2.75, 3.05) is 20.2 Å². The summed E-state index contributed by atoms with van der Waals surface area (Å²) in [6.45, 7) is 1.85. The topological polar surface area (TPSA) is 59.6 Å². The van der Waals surface area contributed by atoms with Gasteiger partial charge in [0, 0.05) is 0 Å². The molecule has 1 fully saturated rings. The number of carbonyl (C=O) groups excluding carboxylic acids is 1. The average molecular weight is 250 g/mol. The lowest BCUT2D eigenvalue weighted by Gasteiger charge is -2.22. The largest absolute Gasteiger partial charge is 0.496 e. The number of nitrogens with one attached hydrogen (secondary N) is 2. The minimum Gasteiger partial charge on any atom is -0.496 e. The van der Waals surface area contributed by atoms with Gasteiger partial charge in [-0.25, -0.2) is 5.48 Å². The Bertz CT molecular complexity index is 403. The summed E-state index contributed by atoms with van der Waals surface area (Å²) in [5.74, 6) is 0.273. The minimum atomic E-state index is -0.272. The maximum absolute atomic E-state index is 11.9. The van der Waals surface area contributed by atoms with Crippen molar-refractivity contribution in [2.45, 2.75) is 18.9 Å². The fraction of sp³-hybridized carbons (Fsp3) is 0.462. The number of piperidine rings is 1. The summed E-state index contributed by atoms with van der Waals surface area (Å²) in [5, 5.41) is 3.24. The Balaban J connectivity index is 1.90. The van der Waals surface area contributed by atoms with Gasteiger partial charge in [0.25, 0.3) is 5.91 Å². The van der Waals surface area contributed by atoms with Gasteiger partial charge in [0.2, 0.25) is 0 Å². The number of hydrogen-bond acceptors (Lipinski definition) is 4. The van der Waals surface area contributed by atoms with Crippen LogP contribution in [0.4, 0.5) is 0 Å². The van der Waals surface area contributed by atoms with E-state index in [-0.39, 0.29) is 12.0 Å². The monoisotopic (exact) mass is 250 g/mol. The van der Waals surface area contributed by atoms with Gasteiger partial charge in [0.1, 0.15) is 5.75 Å². The predicted molar refractivity (Wildman–Crippen MR) is 67.4 cm³/mol. The van der Waals surface area contributed by atoms with Gasteiger partial charge in [0.05, 0.1) is 18.8 Å². The van der Waals surface area contributed by atoms with Crippen LogP contribution in [-0.2, 0) is 4.84 Å². The molecule has 0 bridgehead atoms. The quantitative estimate of drug-likeness (QED) is 0.786. The Labute approximate surface area is 106 Å². The second-order valence-corrected chi connectivity index (χ2v) is 4.20. The first-order chi connectivity index (χ1) is 8.81. The number of hydrogen-bond donors (Lipinski definition) is 2. The fourth-order valence-electron chi connectivity index (χ4n) is 1.94. The number of para-hydroxylation sites is 1. The first-order valence-electron chi connectivity index (χ1n) is 6.11. The number of rotatable bonds is 4. The van der Waals surface area contributed by atoms with Crippen molar-refractivity contribution in [3.8, 4) is 5.75 Å². The standard InChI is InChI=1S/C13H18N2O3/c1-17-12-5-3-2-4-11(12)13(16)15-18-10-6-8-14-9-7-10/h2-5,10,14H,6-9H2,1H3,(H,15,16). The van der Waals surface area contributed by atoms with E-state index < -0.39 is 0 Å². The molecule has 1 saturated heterocycles. The molecule has 1 aromatic rings. The van der Waals surface area contributed by atoms with Crippen molar-refractivity contribution >= 4 is 5.91 Å². The Morgan fingerprint density at radius 2 is 2.06 bits per heavy atom. The lowest BCUT2D eigenvalue weighted by Crippen LogP contribution is -2.37. The number of hydroxylamine groups is 1. The van der Waals surface area contributed by atoms with Crippen molar-refractivity contribution in [3.05, 3.63) is 29.8 Å². The van der Waals surface area contributed by atoms with Crippen LogP contribution < -0.4 is 15.5 Å². The molecule has 0 radical (unpaired) electrons. The third kappa shape index (κ3) is 3.21. The summed E-state index contributed by atoms with van der Waals surface area (Å²) < 4.78 is 5.13. The molecule has 0 saturated carbocycles. The van der Waals surface area contributed by atoms with E-state index in [1.165, 1.54) is 0 Å². The smallest absolute Gasteiger partial charge is 0.278 e. The summed E-state index contributed by atoms with van der Waals surface area (Å²) in [5.41, 5.74) is 2.98. The normalized spacial score (nSPS) is 16.3. The molecule has 0 unspecified atom stereocenters. The minimum absolute atomic E-state index is 0.0879. The summed E-state index contributed by atoms with van der Waals surface area (Å²) in [7, 11) is 1.54. The number of carbonyl (C=O) groups is 1. The van der Waals surface area contributed by atoms with Crippen molar-refractivity contribution in [2.24, 2.45) is 0 Å². The molecule has 18 heavy (non-hydrogen) atoms. The second kappa shape index (κ2) is 6.37. The van der Waals surface area contributed by atoms with Crippen LogP contribution in [-0.4, -0.2) is 32.2 Å². The molecule has 2 rings (SSSR count). The second-order valence-electron chi connectivity index (χ2n) is 4.20. The van der Waals surface area contributed by atoms with Crippen LogP contribution in [0.15, 0.2) is 24.3 Å². The van der Waals surface area contributed by atoms with Gasteiger partial charge >= 0.3 is 0 Å². The highest BCUT2D eigenvalue weighted by molar-refractivity contribution is 5.96. The van der Waals surface area contributed by atoms with Gasteiger partial charge in [-0.15, -0.1) is 0 Å². The van der Waals surface area contributed by atoms with Crippen LogP contribution in [0, 0.1) is 0 Å². The Morgan fingerprint density at radius 1 is 1.33 bits per heavy atom. The summed E-state index contributed by atoms with van der Waals surface area (Å²) >= 11 is 0. The van der Waals surface area contributed by atoms with Gasteiger partial charge in [-0.1, -0.05) is 12.1 Å². The van der Waals surface area contributed by atoms with Crippen LogP contribution in [0.3, 0.4) is 0 Å². The number of benzene rings is 1. The first-order valence-corrected chi connectivity index (χ1v) is 6.11. The van der Waals surface area contributed by atoms with Crippen LogP contribution in [0.5, 0.6) is 5.75 Å². The summed E-state index contributed by atoms with van der Waals surface area (Å²) in [6, 6.07) is 7.07. The van der Waals surface area contributed by atoms with Crippen molar-refractivity contribution in [1.82, 2.24) is 10.8 Å². The molecule has 1 aromatic carbocycles. The highest BCUT2D eigenvalue weighted by Gasteiger charge is 2.17. The zero-order chi connectivity index (χ0) is 12.8. The Hall–Kier alpha value is -1.59. The van der Waals surface area contributed by atoms with E-state index in [1.54, 1.807) is 25.3 Å². The van der Waals surface area contributed by atoms with E-state index >= 15 is 0 Å². The van der Waals surface area contributed by atoms with Crippen molar-refractivity contribution < 1.29 is 14.4 Å². The van der Waals surface area contributed by atoms with E-state index in [0.29, 0.717) is 11.3 Å². The van der Waals surface area contributed by atoms with Crippen LogP contribution >= 0.6 is 0 Å². The molecule has 5 nitrogen and oxygen atoms in total. The molecule has 1 amide bonds. The third-order valence-corrected chi connectivity index (χ3v) is 2.96. The zero-order valence-electron chi connectivity index (χ0n) is 10.4. The maximum atomic E-state index is 11.9. The summed E-state index contributed by atoms with van der Waals surface area (Å²) in [6.07, 6.45) is 1.91. The number of ether oxygens (including phenoxy) is 1. The van der Waals surface area contributed by atoms with E-state index in [1.807, 2.05) is 6.07 Å². The summed E-state index contributed by atoms with van der Waals surface area (Å²) in [4.78, 5) is 17.3. The molecule has 1 heterocycles. The van der Waals surface area contributed by atoms with Gasteiger partial charge in [-0.05, 0) is 38.1 Å². The molecule has 0 atom stereocenters. The zero-order valence-corrected chi connectivity index (χ0v) is 10.4. The first kappa shape index (κ1) is 12.9. The van der Waals surface area contributed by atoms with Crippen molar-refractivity contribution in [3.63, 3.8) is 0 Å². The van der Waals surface area contributed by atoms with Gasteiger partial charge in [0.15, 0.2) is 0 Å². The molecule has 0 aliphatic carbocycles. The lowest BCUT2D eigenvalue weighted by molar-refractivity contribution is -0.0283. The fourth-order valence-corrected chi connectivity index (χ4v) is 1.94. The van der Waals surface area contributed by atoms with E-state index in [2.05, 4.69) is 10.8 Å². The third-order valence-electron chi connectivity index (χ3n) is 2.96. The maximum Gasteiger partial charge on any atom is 0.278 e. The van der Waals surface area contributed by atoms with Crippen LogP contribution in [0.25, 0.3) is 0 Å². The highest BCUT2D eigenvalue weighted by atomic mass is 16.7. The number of amides is 1. The van der Waals surface area contributed by atoms with E-state index in [4.69, 9.17) is 9.57 Å². The molecular formula is C13H18N2O3. The van der Waals surface area contributed by atoms with Crippen molar-refractivity contribution in [1.29, 1.82) is 0 Å². The molecule has 2 N–H and O–H groups in total. The molecule has 5 heteroatoms. The van der Waals surface area contributed by atoms with Crippen LogP contribution in [0.2, 0.25) is 0 Å². The SMILES string of the molecule is COc1ccccc1C(=O)NOC1CCNCC1. The lowest BCUT2D eigenvalue weighted by atomic mass is 10.1. The molecule has 98 valence electrons. The molecule has 0 spiro atoms. The Kier molecular flexibility index (Phi) is 4.55. The van der Waals surface area contributed by atoms with Crippen LogP contribution in [0.1, 0.15) is 23.2 Å². The molecule has 0 aromatic heterocycles. The predicted octanol–water partition coefficient (Wildman–Crippen LogP) is 1.11. The average Bonchev–Trinajstić information content (AvgIpc) is 2.45. The van der Waals surface area contributed by atoms with E-state index in [9.17, 15) is 4.79 Å². The van der Waals surface area contributed by atoms with Gasteiger partial charge < -0.3 is 10.1 Å². The highest BCUT2D eigenvalue weighted by Crippen LogP contribution is 2.17. The number of methoxy groups -OCH3 is 1. The van der Waals surface area contributed by atoms with Gasteiger partial charge in [-0.3, -0.25) is 9.63 Å². The van der Waals surface area contributed by atoms with Gasteiger partial charge in [-0.2, -0.15) is 0 Å². The molecular weight excluding hydrogens is 232 g/mol. The molecule has 1 aliphatic heterocycles.